The Morgan fingerprint density at radius 2 is 1.70 bits per heavy atom. The van der Waals surface area contributed by atoms with E-state index in [0.29, 0.717) is 5.58 Å². The maximum absolute atomic E-state index is 10.4. The second-order valence-corrected chi connectivity index (χ2v) is 6.01. The lowest BCUT2D eigenvalue weighted by Crippen LogP contribution is -2.45. The highest BCUT2D eigenvalue weighted by atomic mass is 16.3. The molecule has 0 radical (unpaired) electrons. The van der Waals surface area contributed by atoms with Crippen LogP contribution in [-0.4, -0.2) is 36.2 Å². The molecule has 1 saturated heterocycles. The minimum Gasteiger partial charge on any atom is -0.504 e. The van der Waals surface area contributed by atoms with Crippen LogP contribution in [0.5, 0.6) is 5.75 Å². The largest absolute Gasteiger partial charge is 0.504 e. The van der Waals surface area contributed by atoms with Gasteiger partial charge in [-0.15, -0.1) is 0 Å². The summed E-state index contributed by atoms with van der Waals surface area (Å²) in [7, 11) is 0. The van der Waals surface area contributed by atoms with Crippen LogP contribution >= 0.6 is 0 Å². The zero-order valence-corrected chi connectivity index (χ0v) is 13.0. The maximum atomic E-state index is 10.4. The number of benzene rings is 2. The van der Waals surface area contributed by atoms with Gasteiger partial charge in [-0.1, -0.05) is 30.3 Å². The van der Waals surface area contributed by atoms with Gasteiger partial charge >= 0.3 is 0 Å². The molecule has 4 nitrogen and oxygen atoms in total. The summed E-state index contributed by atoms with van der Waals surface area (Å²) < 4.78 is 5.38. The fourth-order valence-electron chi connectivity index (χ4n) is 3.23. The third-order valence-electron chi connectivity index (χ3n) is 4.57. The third kappa shape index (κ3) is 2.78. The molecule has 1 aromatic heterocycles. The summed E-state index contributed by atoms with van der Waals surface area (Å²) in [6.07, 6.45) is 1.62. The number of phenols is 1. The lowest BCUT2D eigenvalue weighted by Gasteiger charge is -2.36. The monoisotopic (exact) mass is 308 g/mol. The molecule has 4 heteroatoms. The molecule has 0 atom stereocenters. The van der Waals surface area contributed by atoms with E-state index < -0.39 is 0 Å². The van der Waals surface area contributed by atoms with Crippen molar-refractivity contribution < 1.29 is 9.52 Å². The van der Waals surface area contributed by atoms with Crippen LogP contribution < -0.4 is 4.90 Å². The molecule has 0 saturated carbocycles. The number of phenolic OH excluding ortho intramolecular Hbond substituents is 1. The first-order valence-corrected chi connectivity index (χ1v) is 8.02. The van der Waals surface area contributed by atoms with E-state index in [4.69, 9.17) is 4.42 Å². The number of hydrogen-bond acceptors (Lipinski definition) is 4. The van der Waals surface area contributed by atoms with Crippen molar-refractivity contribution in [1.29, 1.82) is 0 Å². The van der Waals surface area contributed by atoms with E-state index in [1.165, 1.54) is 5.69 Å². The number of furan rings is 1. The molecule has 23 heavy (non-hydrogen) atoms. The first-order chi connectivity index (χ1) is 11.3. The molecular formula is C19H20N2O2. The molecular weight excluding hydrogens is 288 g/mol. The van der Waals surface area contributed by atoms with Gasteiger partial charge in [0.25, 0.3) is 0 Å². The van der Waals surface area contributed by atoms with Gasteiger partial charge in [0.05, 0.1) is 6.26 Å². The van der Waals surface area contributed by atoms with Crippen LogP contribution in [-0.2, 0) is 6.54 Å². The second-order valence-electron chi connectivity index (χ2n) is 6.01. The molecule has 1 aliphatic rings. The standard InChI is InChI=1S/C19H20N2O2/c22-18-16(7-6-15-8-13-23-19(15)18)14-20-9-11-21(12-10-20)17-4-2-1-3-5-17/h1-8,13,22H,9-12,14H2. The van der Waals surface area contributed by atoms with Gasteiger partial charge in [-0.3, -0.25) is 4.90 Å². The van der Waals surface area contributed by atoms with Crippen molar-refractivity contribution in [2.24, 2.45) is 0 Å². The molecule has 2 heterocycles. The van der Waals surface area contributed by atoms with Gasteiger partial charge < -0.3 is 14.4 Å². The summed E-state index contributed by atoms with van der Waals surface area (Å²) in [5.41, 5.74) is 2.80. The second kappa shape index (κ2) is 5.97. The Kier molecular flexibility index (Phi) is 3.67. The highest BCUT2D eigenvalue weighted by molar-refractivity contribution is 5.84. The minimum absolute atomic E-state index is 0.276. The number of rotatable bonds is 3. The van der Waals surface area contributed by atoms with E-state index in [1.54, 1.807) is 6.26 Å². The molecule has 2 aromatic carbocycles. The van der Waals surface area contributed by atoms with E-state index in [0.717, 1.165) is 43.7 Å². The van der Waals surface area contributed by atoms with E-state index in [2.05, 4.69) is 34.1 Å². The van der Waals surface area contributed by atoms with Crippen molar-refractivity contribution in [3.05, 3.63) is 60.4 Å². The molecule has 1 N–H and O–H groups in total. The maximum Gasteiger partial charge on any atom is 0.175 e. The number of fused-ring (bicyclic) bond motifs is 1. The molecule has 0 unspecified atom stereocenters. The molecule has 118 valence electrons. The van der Waals surface area contributed by atoms with Crippen LogP contribution in [0.3, 0.4) is 0 Å². The summed E-state index contributed by atoms with van der Waals surface area (Å²) in [5, 5.41) is 11.3. The van der Waals surface area contributed by atoms with Crippen molar-refractivity contribution in [2.45, 2.75) is 6.54 Å². The summed E-state index contributed by atoms with van der Waals surface area (Å²) >= 11 is 0. The average molecular weight is 308 g/mol. The Labute approximate surface area is 135 Å². The van der Waals surface area contributed by atoms with Crippen molar-refractivity contribution >= 4 is 16.7 Å². The smallest absolute Gasteiger partial charge is 0.175 e. The highest BCUT2D eigenvalue weighted by Crippen LogP contribution is 2.30. The van der Waals surface area contributed by atoms with Crippen molar-refractivity contribution in [2.75, 3.05) is 31.1 Å². The first kappa shape index (κ1) is 14.2. The molecule has 0 bridgehead atoms. The van der Waals surface area contributed by atoms with E-state index in [9.17, 15) is 5.11 Å². The molecule has 0 amide bonds. The molecule has 0 aliphatic carbocycles. The molecule has 0 spiro atoms. The van der Waals surface area contributed by atoms with Gasteiger partial charge in [0.2, 0.25) is 0 Å². The first-order valence-electron chi connectivity index (χ1n) is 8.02. The summed E-state index contributed by atoms with van der Waals surface area (Å²) in [4.78, 5) is 4.79. The Hall–Kier alpha value is -2.46. The minimum atomic E-state index is 0.276. The van der Waals surface area contributed by atoms with Crippen LogP contribution in [0.2, 0.25) is 0 Å². The van der Waals surface area contributed by atoms with Crippen LogP contribution in [0.15, 0.2) is 59.2 Å². The van der Waals surface area contributed by atoms with Gasteiger partial charge in [-0.05, 0) is 18.2 Å². The topological polar surface area (TPSA) is 39.9 Å². The number of anilines is 1. The fourth-order valence-corrected chi connectivity index (χ4v) is 3.23. The quantitative estimate of drug-likeness (QED) is 0.804. The zero-order valence-electron chi connectivity index (χ0n) is 13.0. The predicted molar refractivity (Wildman–Crippen MR) is 91.8 cm³/mol. The van der Waals surface area contributed by atoms with Crippen LogP contribution in [0.4, 0.5) is 5.69 Å². The van der Waals surface area contributed by atoms with E-state index in [1.807, 2.05) is 24.3 Å². The van der Waals surface area contributed by atoms with Crippen molar-refractivity contribution in [3.8, 4) is 5.75 Å². The number of piperazine rings is 1. The SMILES string of the molecule is Oc1c(CN2CCN(c3ccccc3)CC2)ccc2ccoc12. The van der Waals surface area contributed by atoms with E-state index >= 15 is 0 Å². The number of para-hydroxylation sites is 1. The van der Waals surface area contributed by atoms with E-state index in [-0.39, 0.29) is 5.75 Å². The van der Waals surface area contributed by atoms with Gasteiger partial charge in [-0.2, -0.15) is 0 Å². The Morgan fingerprint density at radius 3 is 2.48 bits per heavy atom. The summed E-state index contributed by atoms with van der Waals surface area (Å²) in [6.45, 7) is 4.75. The Balaban J connectivity index is 1.43. The van der Waals surface area contributed by atoms with Gasteiger partial charge in [0.1, 0.15) is 0 Å². The Morgan fingerprint density at radius 1 is 0.913 bits per heavy atom. The molecule has 1 fully saturated rings. The predicted octanol–water partition coefficient (Wildman–Crippen LogP) is 3.46. The summed E-state index contributed by atoms with van der Waals surface area (Å²) in [5.74, 6) is 0.276. The zero-order chi connectivity index (χ0) is 15.6. The normalized spacial score (nSPS) is 16.1. The molecule has 1 aliphatic heterocycles. The van der Waals surface area contributed by atoms with Gasteiger partial charge in [0.15, 0.2) is 11.3 Å². The lowest BCUT2D eigenvalue weighted by molar-refractivity contribution is 0.247. The van der Waals surface area contributed by atoms with Crippen LogP contribution in [0, 0.1) is 0 Å². The fraction of sp³-hybridized carbons (Fsp3) is 0.263. The van der Waals surface area contributed by atoms with Gasteiger partial charge in [0, 0.05) is 49.4 Å². The van der Waals surface area contributed by atoms with Crippen molar-refractivity contribution in [1.82, 2.24) is 4.90 Å². The third-order valence-corrected chi connectivity index (χ3v) is 4.57. The lowest BCUT2D eigenvalue weighted by atomic mass is 10.1. The van der Waals surface area contributed by atoms with Crippen LogP contribution in [0.1, 0.15) is 5.56 Å². The number of aromatic hydroxyl groups is 1. The number of hydrogen-bond donors (Lipinski definition) is 1. The highest BCUT2D eigenvalue weighted by Gasteiger charge is 2.19. The molecule has 4 rings (SSSR count). The van der Waals surface area contributed by atoms with Crippen molar-refractivity contribution in [3.63, 3.8) is 0 Å². The van der Waals surface area contributed by atoms with Crippen LogP contribution in [0.25, 0.3) is 11.0 Å². The Bertz CT molecular complexity index is 789. The van der Waals surface area contributed by atoms with Gasteiger partial charge in [-0.25, -0.2) is 0 Å². The summed E-state index contributed by atoms with van der Waals surface area (Å²) in [6, 6.07) is 16.4. The average Bonchev–Trinajstić information content (AvgIpc) is 3.08. The number of nitrogens with zero attached hydrogens (tertiary/aromatic N) is 2. The molecule has 3 aromatic rings.